The van der Waals surface area contributed by atoms with E-state index in [4.69, 9.17) is 43.0 Å². The SMILES string of the molecule is CO[C@H]1C[C@@H]2CC[C@@H](C)[C@@](O)(O2)C(=O)C(=O)N2CCCC[C@H]2C(=O)O[C@H]([C@H](C)C[C@@H]2CC[C@@H](OCCOCCOCCO)[C@H](OC)C2)CC(=O)[C@H](C)/C=C(\C)[C@@H](O)[C@@H](OC)C(=O)[C@H](C)C[C@H](C)/C=C/C=C/C=C/1C. The molecule has 0 aromatic carbocycles. The monoisotopic (exact) mass is 1050 g/mol. The number of hydrogen-bond acceptors (Lipinski definition) is 16. The lowest BCUT2D eigenvalue weighted by atomic mass is 9.78. The van der Waals surface area contributed by atoms with E-state index in [1.807, 2.05) is 58.1 Å². The van der Waals surface area contributed by atoms with Gasteiger partial charge < -0.3 is 58.1 Å². The van der Waals surface area contributed by atoms with Crippen molar-refractivity contribution in [3.63, 3.8) is 0 Å². The van der Waals surface area contributed by atoms with Gasteiger partial charge >= 0.3 is 5.97 Å². The van der Waals surface area contributed by atoms with Gasteiger partial charge in [0.1, 0.15) is 30.1 Å². The number of methoxy groups -OCH3 is 3. The lowest BCUT2D eigenvalue weighted by molar-refractivity contribution is -0.265. The normalized spacial score (nSPS) is 37.0. The quantitative estimate of drug-likeness (QED) is 0.0716. The van der Waals surface area contributed by atoms with Crippen molar-refractivity contribution in [1.29, 1.82) is 0 Å². The summed E-state index contributed by atoms with van der Waals surface area (Å²) in [5.41, 5.74) is 1.26. The Kier molecular flexibility index (Phi) is 27.0. The number of Topliss-reactive ketones (excluding diaryl/α,β-unsaturated/α-hetero) is 3. The highest BCUT2D eigenvalue weighted by Gasteiger charge is 2.53. The predicted octanol–water partition coefficient (Wildman–Crippen LogP) is 6.23. The summed E-state index contributed by atoms with van der Waals surface area (Å²) in [7, 11) is 4.61. The number of nitrogens with zero attached hydrogens (tertiary/aromatic N) is 1. The van der Waals surface area contributed by atoms with Gasteiger partial charge in [-0.3, -0.25) is 19.2 Å². The average Bonchev–Trinajstić information content (AvgIpc) is 3.38. The van der Waals surface area contributed by atoms with Crippen LogP contribution < -0.4 is 0 Å². The fraction of sp³-hybridized carbons (Fsp3) is 0.772. The number of cyclic esters (lactones) is 1. The molecule has 2 saturated heterocycles. The molecule has 1 amide bonds. The summed E-state index contributed by atoms with van der Waals surface area (Å²) < 4.78 is 46.9. The van der Waals surface area contributed by atoms with Crippen LogP contribution in [0.25, 0.3) is 0 Å². The number of ether oxygens (including phenoxy) is 8. The average molecular weight is 1050 g/mol. The van der Waals surface area contributed by atoms with Gasteiger partial charge in [-0.15, -0.1) is 0 Å². The Balaban J connectivity index is 1.63. The van der Waals surface area contributed by atoms with Crippen LogP contribution in [0.2, 0.25) is 0 Å². The Morgan fingerprint density at radius 2 is 1.51 bits per heavy atom. The molecule has 1 aliphatic carbocycles. The molecule has 0 radical (unpaired) electrons. The topological polar surface area (TPSA) is 223 Å². The number of aliphatic hydroxyl groups excluding tert-OH is 2. The molecule has 3 heterocycles. The van der Waals surface area contributed by atoms with Crippen LogP contribution in [0.15, 0.2) is 47.6 Å². The van der Waals surface area contributed by atoms with Gasteiger partial charge in [0.2, 0.25) is 5.79 Å². The van der Waals surface area contributed by atoms with Crippen LogP contribution in [-0.2, 0) is 61.9 Å². The zero-order valence-corrected chi connectivity index (χ0v) is 46.1. The first-order valence-corrected chi connectivity index (χ1v) is 27.2. The largest absolute Gasteiger partial charge is 0.460 e. The second-order valence-electron chi connectivity index (χ2n) is 21.4. The summed E-state index contributed by atoms with van der Waals surface area (Å²) in [4.78, 5) is 72.5. The molecule has 3 aliphatic heterocycles. The van der Waals surface area contributed by atoms with Crippen LogP contribution in [0.1, 0.15) is 126 Å². The van der Waals surface area contributed by atoms with Crippen molar-refractivity contribution in [2.45, 2.75) is 180 Å². The molecule has 17 heteroatoms. The third kappa shape index (κ3) is 18.3. The van der Waals surface area contributed by atoms with Crippen molar-refractivity contribution in [3.05, 3.63) is 47.6 Å². The van der Waals surface area contributed by atoms with Gasteiger partial charge in [-0.25, -0.2) is 4.79 Å². The Labute approximate surface area is 440 Å². The predicted molar refractivity (Wildman–Crippen MR) is 278 cm³/mol. The third-order valence-electron chi connectivity index (χ3n) is 15.6. The minimum Gasteiger partial charge on any atom is -0.460 e. The van der Waals surface area contributed by atoms with Crippen molar-refractivity contribution < 1.29 is 77.2 Å². The smallest absolute Gasteiger partial charge is 0.329 e. The fourth-order valence-corrected chi connectivity index (χ4v) is 10.9. The maximum absolute atomic E-state index is 14.6. The summed E-state index contributed by atoms with van der Waals surface area (Å²) in [6.45, 7) is 14.5. The van der Waals surface area contributed by atoms with Gasteiger partial charge in [0, 0.05) is 58.5 Å². The van der Waals surface area contributed by atoms with Crippen LogP contribution in [0.3, 0.4) is 0 Å². The van der Waals surface area contributed by atoms with Crippen molar-refractivity contribution >= 4 is 29.2 Å². The number of esters is 1. The summed E-state index contributed by atoms with van der Waals surface area (Å²) in [6.07, 6.45) is 12.0. The second kappa shape index (κ2) is 31.7. The molecule has 0 aromatic heterocycles. The van der Waals surface area contributed by atoms with Crippen molar-refractivity contribution in [1.82, 2.24) is 4.90 Å². The van der Waals surface area contributed by atoms with E-state index < -0.39 is 77.8 Å². The molecule has 3 fully saturated rings. The van der Waals surface area contributed by atoms with E-state index in [9.17, 15) is 34.2 Å². The Morgan fingerprint density at radius 3 is 2.20 bits per heavy atom. The van der Waals surface area contributed by atoms with Gasteiger partial charge in [0.05, 0.1) is 64.1 Å². The summed E-state index contributed by atoms with van der Waals surface area (Å²) in [5, 5.41) is 32.4. The number of carbonyl (C=O) groups excluding carboxylic acids is 5. The zero-order valence-electron chi connectivity index (χ0n) is 46.1. The van der Waals surface area contributed by atoms with Crippen molar-refractivity contribution in [2.75, 3.05) is 67.5 Å². The van der Waals surface area contributed by atoms with Crippen LogP contribution in [0.5, 0.6) is 0 Å². The maximum Gasteiger partial charge on any atom is 0.329 e. The number of allylic oxidation sites excluding steroid dienone is 6. The molecule has 4 aliphatic rings. The van der Waals surface area contributed by atoms with Crippen molar-refractivity contribution in [3.8, 4) is 0 Å². The van der Waals surface area contributed by atoms with E-state index in [0.29, 0.717) is 89.8 Å². The molecular formula is C57H91NO16. The first-order chi connectivity index (χ1) is 35.3. The first kappa shape index (κ1) is 63.0. The molecular weight excluding hydrogens is 955 g/mol. The van der Waals surface area contributed by atoms with E-state index in [1.165, 1.54) is 12.0 Å². The Hall–Kier alpha value is -3.49. The van der Waals surface area contributed by atoms with E-state index in [1.54, 1.807) is 41.1 Å². The molecule has 4 rings (SSSR count). The first-order valence-electron chi connectivity index (χ1n) is 27.2. The van der Waals surface area contributed by atoms with Gasteiger partial charge in [0.15, 0.2) is 5.78 Å². The number of carbonyl (C=O) groups is 5. The molecule has 0 unspecified atom stereocenters. The third-order valence-corrected chi connectivity index (χ3v) is 15.6. The van der Waals surface area contributed by atoms with E-state index >= 15 is 0 Å². The van der Waals surface area contributed by atoms with Crippen LogP contribution >= 0.6 is 0 Å². The maximum atomic E-state index is 14.6. The highest BCUT2D eigenvalue weighted by molar-refractivity contribution is 6.39. The van der Waals surface area contributed by atoms with E-state index in [-0.39, 0.29) is 74.1 Å². The number of piperidine rings is 1. The summed E-state index contributed by atoms with van der Waals surface area (Å²) in [6, 6.07) is -1.15. The van der Waals surface area contributed by atoms with Crippen LogP contribution in [-0.4, -0.2) is 172 Å². The Morgan fingerprint density at radius 1 is 0.797 bits per heavy atom. The standard InChI is InChI=1S/C57H91NO16/c1-36-16-12-11-13-17-37(2)48(67-8)34-44-21-19-42(7)57(66,74-44)54(63)55(64)58-23-15-14-18-45(58)56(65)73-49(35-46(60)38(3)31-41(6)52(62)53(69-10)51(61)40(5)30-36)39(4)32-43-20-22-47(50(33-43)68-9)72-29-28-71-27-26-70-25-24-59/h11-13,16-17,31,36,38-40,42-45,47-50,52-53,59,62,66H,14-15,18-30,32-35H2,1-10H3/b13-11+,16-12+,37-17+,41-31+/t36-,38-,39-,40-,42-,43+,44+,45+,47-,48+,49+,50-,52-,53+,57-/m1/s1. The summed E-state index contributed by atoms with van der Waals surface area (Å²) >= 11 is 0. The summed E-state index contributed by atoms with van der Waals surface area (Å²) in [5.74, 6) is -8.03. The van der Waals surface area contributed by atoms with Gasteiger partial charge in [-0.05, 0) is 107 Å². The number of rotatable bonds is 15. The van der Waals surface area contributed by atoms with Gasteiger partial charge in [0.25, 0.3) is 11.7 Å². The van der Waals surface area contributed by atoms with Crippen molar-refractivity contribution in [2.24, 2.45) is 35.5 Å². The number of hydrogen-bond donors (Lipinski definition) is 3. The lowest BCUT2D eigenvalue weighted by Gasteiger charge is -2.42. The highest BCUT2D eigenvalue weighted by Crippen LogP contribution is 2.38. The molecule has 15 atom stereocenters. The number of fused-ring (bicyclic) bond motifs is 3. The fourth-order valence-electron chi connectivity index (χ4n) is 10.9. The highest BCUT2D eigenvalue weighted by atomic mass is 16.6. The zero-order chi connectivity index (χ0) is 54.5. The second-order valence-corrected chi connectivity index (χ2v) is 21.4. The lowest BCUT2D eigenvalue weighted by Crippen LogP contribution is -2.61. The van der Waals surface area contributed by atoms with E-state index in [2.05, 4.69) is 0 Å². The molecule has 0 aromatic rings. The molecule has 420 valence electrons. The van der Waals surface area contributed by atoms with Crippen LogP contribution in [0.4, 0.5) is 0 Å². The molecule has 3 N–H and O–H groups in total. The van der Waals surface area contributed by atoms with Crippen LogP contribution in [0, 0.1) is 35.5 Å². The molecule has 17 nitrogen and oxygen atoms in total. The Bertz CT molecular complexity index is 1920. The molecule has 1 saturated carbocycles. The van der Waals surface area contributed by atoms with Gasteiger partial charge in [-0.1, -0.05) is 71.1 Å². The van der Waals surface area contributed by atoms with Gasteiger partial charge in [-0.2, -0.15) is 0 Å². The number of ketones is 3. The molecule has 0 spiro atoms. The number of amides is 1. The minimum atomic E-state index is -2.44. The molecule has 74 heavy (non-hydrogen) atoms. The van der Waals surface area contributed by atoms with E-state index in [0.717, 1.165) is 12.0 Å². The number of aliphatic hydroxyl groups is 3. The minimum absolute atomic E-state index is 0.0105. The molecule has 2 bridgehead atoms.